The van der Waals surface area contributed by atoms with E-state index >= 15 is 0 Å². The second kappa shape index (κ2) is 6.45. The molecule has 3 rings (SSSR count). The molecule has 0 radical (unpaired) electrons. The van der Waals surface area contributed by atoms with Crippen LogP contribution in [0.4, 0.5) is 5.69 Å². The Hall–Kier alpha value is -2.46. The number of aliphatic hydroxyl groups excluding tert-OH is 3. The molecule has 25 heavy (non-hydrogen) atoms. The zero-order valence-corrected chi connectivity index (χ0v) is 13.2. The third-order valence-electron chi connectivity index (χ3n) is 4.43. The maximum Gasteiger partial charge on any atom is 0.330 e. The third-order valence-corrected chi connectivity index (χ3v) is 4.43. The highest BCUT2D eigenvalue weighted by Gasteiger charge is 2.55. The maximum absolute atomic E-state index is 12.3. The van der Waals surface area contributed by atoms with Crippen molar-refractivity contribution < 1.29 is 20.1 Å². The van der Waals surface area contributed by atoms with Gasteiger partial charge in [0.25, 0.3) is 5.56 Å². The Labute approximate surface area is 141 Å². The Morgan fingerprint density at radius 2 is 1.96 bits per heavy atom. The monoisotopic (exact) mass is 349 g/mol. The van der Waals surface area contributed by atoms with Crippen LogP contribution in [0.3, 0.4) is 0 Å². The minimum absolute atomic E-state index is 0.0552. The number of nitrogens with zero attached hydrogens (tertiary/aromatic N) is 1. The minimum atomic E-state index is -1.73. The first-order valence-electron chi connectivity index (χ1n) is 7.69. The number of hydrogen-bond donors (Lipinski definition) is 5. The Kier molecular flexibility index (Phi) is 4.48. The molecule has 0 spiro atoms. The highest BCUT2D eigenvalue weighted by molar-refractivity contribution is 5.47. The summed E-state index contributed by atoms with van der Waals surface area (Å²) in [6.07, 6.45) is -2.93. The van der Waals surface area contributed by atoms with Gasteiger partial charge in [0, 0.05) is 24.4 Å². The van der Waals surface area contributed by atoms with Gasteiger partial charge < -0.3 is 25.8 Å². The van der Waals surface area contributed by atoms with Crippen molar-refractivity contribution in [3.05, 3.63) is 62.9 Å². The summed E-state index contributed by atoms with van der Waals surface area (Å²) in [4.78, 5) is 25.7. The lowest BCUT2D eigenvalue weighted by Gasteiger charge is -2.34. The molecule has 1 saturated heterocycles. The molecule has 0 saturated carbocycles. The van der Waals surface area contributed by atoms with Gasteiger partial charge in [-0.15, -0.1) is 0 Å². The fraction of sp³-hybridized carbons (Fsp3) is 0.375. The van der Waals surface area contributed by atoms with Crippen LogP contribution in [0, 0.1) is 0 Å². The number of nitrogen functional groups attached to an aromatic ring is 1. The SMILES string of the molecule is Nc1ccccc1C[C@@]1(n2ccc(=O)[nH]c2=O)O[C@H](CO)[C@@H](O)[C@H]1O. The molecule has 2 heterocycles. The van der Waals surface area contributed by atoms with Crippen LogP contribution >= 0.6 is 0 Å². The lowest BCUT2D eigenvalue weighted by molar-refractivity contribution is -0.149. The first-order valence-corrected chi connectivity index (χ1v) is 7.69. The second-order valence-corrected chi connectivity index (χ2v) is 5.97. The summed E-state index contributed by atoms with van der Waals surface area (Å²) in [7, 11) is 0. The Morgan fingerprint density at radius 3 is 2.56 bits per heavy atom. The molecule has 1 aliphatic rings. The molecule has 1 aromatic carbocycles. The summed E-state index contributed by atoms with van der Waals surface area (Å²) >= 11 is 0. The summed E-state index contributed by atoms with van der Waals surface area (Å²) < 4.78 is 6.73. The summed E-state index contributed by atoms with van der Waals surface area (Å²) in [5.74, 6) is 0. The smallest absolute Gasteiger partial charge is 0.330 e. The van der Waals surface area contributed by atoms with E-state index in [2.05, 4.69) is 4.98 Å². The predicted molar refractivity (Wildman–Crippen MR) is 87.8 cm³/mol. The predicted octanol–water partition coefficient (Wildman–Crippen LogP) is -1.87. The number of nitrogens with two attached hydrogens (primary N) is 1. The summed E-state index contributed by atoms with van der Waals surface area (Å²) in [6.45, 7) is -0.553. The van der Waals surface area contributed by atoms with Crippen LogP contribution in [0.1, 0.15) is 5.56 Å². The molecular weight excluding hydrogens is 330 g/mol. The van der Waals surface area contributed by atoms with Gasteiger partial charge in [0.1, 0.15) is 18.3 Å². The quantitative estimate of drug-likeness (QED) is 0.406. The number of benzene rings is 1. The van der Waals surface area contributed by atoms with E-state index in [9.17, 15) is 24.9 Å². The summed E-state index contributed by atoms with van der Waals surface area (Å²) in [5, 5.41) is 30.2. The van der Waals surface area contributed by atoms with Crippen LogP contribution < -0.4 is 17.0 Å². The molecule has 134 valence electrons. The molecule has 0 aliphatic carbocycles. The van der Waals surface area contributed by atoms with Gasteiger partial charge in [-0.2, -0.15) is 0 Å². The second-order valence-electron chi connectivity index (χ2n) is 5.97. The normalized spacial score (nSPS) is 29.0. The van der Waals surface area contributed by atoms with E-state index in [0.717, 1.165) is 10.6 Å². The van der Waals surface area contributed by atoms with Gasteiger partial charge in [-0.3, -0.25) is 14.3 Å². The van der Waals surface area contributed by atoms with Gasteiger partial charge in [0.15, 0.2) is 5.72 Å². The summed E-state index contributed by atoms with van der Waals surface area (Å²) in [5.41, 5.74) is 3.78. The fourth-order valence-corrected chi connectivity index (χ4v) is 3.13. The topological polar surface area (TPSA) is 151 Å². The van der Waals surface area contributed by atoms with E-state index in [4.69, 9.17) is 10.5 Å². The zero-order chi connectivity index (χ0) is 18.2. The van der Waals surface area contributed by atoms with Gasteiger partial charge in [0.2, 0.25) is 0 Å². The van der Waals surface area contributed by atoms with E-state index in [-0.39, 0.29) is 6.42 Å². The number of hydrogen-bond acceptors (Lipinski definition) is 7. The van der Waals surface area contributed by atoms with Crippen LogP contribution in [0.5, 0.6) is 0 Å². The highest BCUT2D eigenvalue weighted by Crippen LogP contribution is 2.38. The lowest BCUT2D eigenvalue weighted by Crippen LogP contribution is -2.53. The molecule has 1 aromatic heterocycles. The van der Waals surface area contributed by atoms with Crippen LogP contribution in [-0.4, -0.2) is 49.8 Å². The number of aromatic amines is 1. The van der Waals surface area contributed by atoms with Gasteiger partial charge in [-0.1, -0.05) is 18.2 Å². The average Bonchev–Trinajstić information content (AvgIpc) is 2.82. The average molecular weight is 349 g/mol. The number of aromatic nitrogens is 2. The van der Waals surface area contributed by atoms with Crippen molar-refractivity contribution in [1.82, 2.24) is 9.55 Å². The van der Waals surface area contributed by atoms with E-state index in [1.165, 1.54) is 6.20 Å². The van der Waals surface area contributed by atoms with E-state index in [0.29, 0.717) is 11.3 Å². The van der Waals surface area contributed by atoms with Crippen LogP contribution in [0.15, 0.2) is 46.1 Å². The van der Waals surface area contributed by atoms with Crippen molar-refractivity contribution in [3.8, 4) is 0 Å². The molecule has 6 N–H and O–H groups in total. The number of anilines is 1. The van der Waals surface area contributed by atoms with Crippen molar-refractivity contribution in [2.45, 2.75) is 30.5 Å². The van der Waals surface area contributed by atoms with E-state index in [1.807, 2.05) is 0 Å². The van der Waals surface area contributed by atoms with Crippen molar-refractivity contribution >= 4 is 5.69 Å². The first kappa shape index (κ1) is 17.4. The van der Waals surface area contributed by atoms with Gasteiger partial charge in [0.05, 0.1) is 6.61 Å². The van der Waals surface area contributed by atoms with Crippen LogP contribution in [0.2, 0.25) is 0 Å². The molecule has 1 fully saturated rings. The number of rotatable bonds is 4. The number of H-pyrrole nitrogens is 1. The molecule has 9 heteroatoms. The molecule has 0 bridgehead atoms. The van der Waals surface area contributed by atoms with E-state index in [1.54, 1.807) is 24.3 Å². The largest absolute Gasteiger partial charge is 0.399 e. The maximum atomic E-state index is 12.3. The van der Waals surface area contributed by atoms with E-state index < -0.39 is 41.9 Å². The molecule has 1 aliphatic heterocycles. The van der Waals surface area contributed by atoms with Gasteiger partial charge >= 0.3 is 5.69 Å². The lowest BCUT2D eigenvalue weighted by atomic mass is 9.94. The number of nitrogens with one attached hydrogen (secondary N) is 1. The molecule has 2 aromatic rings. The molecular formula is C16H19N3O6. The number of aliphatic hydroxyl groups is 3. The van der Waals surface area contributed by atoms with Crippen molar-refractivity contribution in [2.75, 3.05) is 12.3 Å². The first-order chi connectivity index (χ1) is 11.9. The van der Waals surface area contributed by atoms with Crippen molar-refractivity contribution in [2.24, 2.45) is 0 Å². The van der Waals surface area contributed by atoms with Crippen LogP contribution in [-0.2, 0) is 16.9 Å². The third kappa shape index (κ3) is 2.87. The number of ether oxygens (including phenoxy) is 1. The minimum Gasteiger partial charge on any atom is -0.399 e. The fourth-order valence-electron chi connectivity index (χ4n) is 3.13. The molecule has 4 atom stereocenters. The zero-order valence-electron chi connectivity index (χ0n) is 13.2. The van der Waals surface area contributed by atoms with Crippen molar-refractivity contribution in [1.29, 1.82) is 0 Å². The van der Waals surface area contributed by atoms with Crippen molar-refractivity contribution in [3.63, 3.8) is 0 Å². The Bertz CT molecular complexity index is 878. The van der Waals surface area contributed by atoms with Crippen LogP contribution in [0.25, 0.3) is 0 Å². The standard InChI is InChI=1S/C16H19N3O6/c17-10-4-2-1-3-9(10)7-16(14(23)13(22)11(8-20)25-16)19-6-5-12(21)18-15(19)24/h1-6,11,13-14,20,22-23H,7-8,17H2,(H,18,21,24)/t11-,13-,14-,16-/m1/s1. The molecule has 0 unspecified atom stereocenters. The highest BCUT2D eigenvalue weighted by atomic mass is 16.6. The van der Waals surface area contributed by atoms with Gasteiger partial charge in [-0.05, 0) is 11.6 Å². The Morgan fingerprint density at radius 1 is 1.24 bits per heavy atom. The molecule has 0 amide bonds. The Balaban J connectivity index is 2.17. The van der Waals surface area contributed by atoms with Gasteiger partial charge in [-0.25, -0.2) is 4.79 Å². The molecule has 9 nitrogen and oxygen atoms in total. The number of para-hydroxylation sites is 1. The summed E-state index contributed by atoms with van der Waals surface area (Å²) in [6, 6.07) is 7.92.